The molecule has 1 aromatic rings. The van der Waals surface area contributed by atoms with Crippen LogP contribution in [-0.2, 0) is 59.1 Å². The van der Waals surface area contributed by atoms with E-state index in [4.69, 9.17) is 23.7 Å². The maximum atomic E-state index is 13.1. The van der Waals surface area contributed by atoms with Gasteiger partial charge in [0.25, 0.3) is 5.79 Å². The first-order chi connectivity index (χ1) is 20.4. The minimum Gasteiger partial charge on any atom is -0.462 e. The van der Waals surface area contributed by atoms with Gasteiger partial charge in [-0.1, -0.05) is 37.3 Å². The van der Waals surface area contributed by atoms with E-state index >= 15 is 0 Å². The molecule has 1 aliphatic rings. The van der Waals surface area contributed by atoms with Crippen LogP contribution in [0.5, 0.6) is 0 Å². The second-order valence-electron chi connectivity index (χ2n) is 9.86. The molecule has 2 unspecified atom stereocenters. The molecule has 44 heavy (non-hydrogen) atoms. The molecule has 244 valence electrons. The molecule has 1 fully saturated rings. The summed E-state index contributed by atoms with van der Waals surface area (Å²) in [5.74, 6) is -11.4. The van der Waals surface area contributed by atoms with Crippen LogP contribution in [0.4, 0.5) is 13.2 Å². The summed E-state index contributed by atoms with van der Waals surface area (Å²) in [6.45, 7) is 2.43. The average Bonchev–Trinajstić information content (AvgIpc) is 2.92. The summed E-state index contributed by atoms with van der Waals surface area (Å²) in [5.41, 5.74) is 0.545. The summed E-state index contributed by atoms with van der Waals surface area (Å²) in [6.07, 6.45) is -10.6. The Bertz CT molecular complexity index is 1210. The first-order valence-electron chi connectivity index (χ1n) is 13.2. The fourth-order valence-electron chi connectivity index (χ4n) is 4.28. The topological polar surface area (TPSA) is 193 Å². The fraction of sp³-hybridized carbons (Fsp3) is 0.556. The summed E-state index contributed by atoms with van der Waals surface area (Å²) < 4.78 is 64.3. The monoisotopic (exact) mass is 634 g/mol. The van der Waals surface area contributed by atoms with Crippen LogP contribution >= 0.6 is 0 Å². The van der Waals surface area contributed by atoms with E-state index in [0.717, 1.165) is 20.8 Å². The Kier molecular flexibility index (Phi) is 12.6. The molecule has 14 nitrogen and oxygen atoms in total. The van der Waals surface area contributed by atoms with Crippen LogP contribution in [-0.4, -0.2) is 90.3 Å². The van der Waals surface area contributed by atoms with Gasteiger partial charge in [-0.2, -0.15) is 13.2 Å². The Labute approximate surface area is 249 Å². The molecular formula is C27H33F3N2O12. The minimum absolute atomic E-state index is 0.300. The molecule has 1 saturated heterocycles. The third kappa shape index (κ3) is 10.8. The van der Waals surface area contributed by atoms with Gasteiger partial charge in [-0.05, 0) is 5.56 Å². The number of amides is 2. The van der Waals surface area contributed by atoms with Gasteiger partial charge in [-0.25, -0.2) is 4.79 Å². The van der Waals surface area contributed by atoms with E-state index in [0.29, 0.717) is 5.56 Å². The Balaban J connectivity index is 2.45. The lowest BCUT2D eigenvalue weighted by molar-refractivity contribution is -0.292. The summed E-state index contributed by atoms with van der Waals surface area (Å²) in [7, 11) is 0. The van der Waals surface area contributed by atoms with Gasteiger partial charge in [-0.3, -0.25) is 24.0 Å². The zero-order valence-corrected chi connectivity index (χ0v) is 24.2. The number of carbonyl (C=O) groups excluding carboxylic acids is 6. The maximum Gasteiger partial charge on any atom is 0.471 e. The van der Waals surface area contributed by atoms with Crippen molar-refractivity contribution in [3.8, 4) is 0 Å². The van der Waals surface area contributed by atoms with E-state index in [1.54, 1.807) is 30.3 Å². The number of esters is 4. The predicted molar refractivity (Wildman–Crippen MR) is 139 cm³/mol. The van der Waals surface area contributed by atoms with Crippen molar-refractivity contribution in [3.63, 3.8) is 0 Å². The Morgan fingerprint density at radius 1 is 1.02 bits per heavy atom. The fourth-order valence-corrected chi connectivity index (χ4v) is 4.28. The van der Waals surface area contributed by atoms with Gasteiger partial charge < -0.3 is 39.4 Å². The minimum atomic E-state index is -5.28. The quantitative estimate of drug-likeness (QED) is 0.213. The first kappa shape index (κ1) is 35.9. The Morgan fingerprint density at radius 2 is 1.66 bits per heavy atom. The number of carbonyl (C=O) groups is 6. The molecule has 1 heterocycles. The van der Waals surface area contributed by atoms with E-state index in [2.05, 4.69) is 5.32 Å². The molecule has 0 radical (unpaired) electrons. The van der Waals surface area contributed by atoms with Gasteiger partial charge in [0.2, 0.25) is 5.91 Å². The summed E-state index contributed by atoms with van der Waals surface area (Å²) in [6, 6.07) is 6.82. The second kappa shape index (κ2) is 15.5. The molecule has 0 aliphatic carbocycles. The molecule has 6 atom stereocenters. The smallest absolute Gasteiger partial charge is 0.462 e. The predicted octanol–water partition coefficient (Wildman–Crippen LogP) is 0.433. The van der Waals surface area contributed by atoms with E-state index in [1.807, 2.05) is 0 Å². The SMILES string of the molecule is CC(=O)OC[C@@H](OC(C)=O)[C@@H](C)C1O[C@](O)(C(=O)OCc2ccccc2)CC(OC(C)=O)[C@H]1NC(=O)CNC(=O)C(F)(F)F. The Hall–Kier alpha value is -4.25. The van der Waals surface area contributed by atoms with Crippen molar-refractivity contribution < 1.29 is 70.7 Å². The van der Waals surface area contributed by atoms with E-state index in [1.165, 1.54) is 12.2 Å². The van der Waals surface area contributed by atoms with Gasteiger partial charge in [0.1, 0.15) is 25.4 Å². The lowest BCUT2D eigenvalue weighted by Crippen LogP contribution is -2.67. The number of aliphatic hydroxyl groups is 1. The van der Waals surface area contributed by atoms with Crippen molar-refractivity contribution in [1.82, 2.24) is 10.6 Å². The van der Waals surface area contributed by atoms with E-state index in [-0.39, 0.29) is 6.61 Å². The van der Waals surface area contributed by atoms with Crippen molar-refractivity contribution in [3.05, 3.63) is 35.9 Å². The van der Waals surface area contributed by atoms with E-state index in [9.17, 15) is 47.0 Å². The van der Waals surface area contributed by atoms with Crippen LogP contribution in [0.3, 0.4) is 0 Å². The molecule has 0 spiro atoms. The van der Waals surface area contributed by atoms with Crippen molar-refractivity contribution in [2.45, 2.75) is 77.0 Å². The normalized spacial score (nSPS) is 22.9. The van der Waals surface area contributed by atoms with Gasteiger partial charge in [0, 0.05) is 26.7 Å². The van der Waals surface area contributed by atoms with Crippen molar-refractivity contribution in [2.24, 2.45) is 5.92 Å². The number of benzene rings is 1. The molecule has 0 saturated carbocycles. The van der Waals surface area contributed by atoms with Crippen LogP contribution in [0.1, 0.15) is 39.7 Å². The van der Waals surface area contributed by atoms with Crippen molar-refractivity contribution in [2.75, 3.05) is 13.2 Å². The highest BCUT2D eigenvalue weighted by Gasteiger charge is 2.56. The van der Waals surface area contributed by atoms with Crippen LogP contribution in [0.25, 0.3) is 0 Å². The second-order valence-corrected chi connectivity index (χ2v) is 9.86. The maximum absolute atomic E-state index is 13.1. The summed E-state index contributed by atoms with van der Waals surface area (Å²) >= 11 is 0. The lowest BCUT2D eigenvalue weighted by atomic mass is 9.84. The van der Waals surface area contributed by atoms with Crippen LogP contribution in [0.15, 0.2) is 30.3 Å². The largest absolute Gasteiger partial charge is 0.471 e. The van der Waals surface area contributed by atoms with Gasteiger partial charge in [0.15, 0.2) is 0 Å². The molecule has 1 aromatic carbocycles. The number of ether oxygens (including phenoxy) is 5. The highest BCUT2D eigenvalue weighted by Crippen LogP contribution is 2.36. The number of hydrogen-bond acceptors (Lipinski definition) is 12. The zero-order chi connectivity index (χ0) is 33.2. The third-order valence-electron chi connectivity index (χ3n) is 6.28. The van der Waals surface area contributed by atoms with Crippen molar-refractivity contribution in [1.29, 1.82) is 0 Å². The highest BCUT2D eigenvalue weighted by atomic mass is 19.4. The number of hydrogen-bond donors (Lipinski definition) is 3. The summed E-state index contributed by atoms with van der Waals surface area (Å²) in [4.78, 5) is 72.3. The average molecular weight is 635 g/mol. The van der Waals surface area contributed by atoms with Gasteiger partial charge in [-0.15, -0.1) is 0 Å². The van der Waals surface area contributed by atoms with Gasteiger partial charge >= 0.3 is 36.0 Å². The number of rotatable bonds is 12. The molecular weight excluding hydrogens is 601 g/mol. The molecule has 0 bridgehead atoms. The van der Waals surface area contributed by atoms with Crippen molar-refractivity contribution >= 4 is 35.7 Å². The van der Waals surface area contributed by atoms with Crippen LogP contribution < -0.4 is 10.6 Å². The highest BCUT2D eigenvalue weighted by molar-refractivity contribution is 5.87. The summed E-state index contributed by atoms with van der Waals surface area (Å²) in [5, 5.41) is 15.0. The number of halogens is 3. The molecule has 2 amide bonds. The molecule has 2 rings (SSSR count). The van der Waals surface area contributed by atoms with E-state index < -0.39 is 97.5 Å². The molecule has 3 N–H and O–H groups in total. The number of alkyl halides is 3. The standard InChI is InChI=1S/C27H33F3N2O12/c1-14(20(43-17(4)35)13-40-15(2)33)23-22(32-21(36)11-31-24(37)27(28,29)30)19(42-16(3)34)10-26(39,44-23)25(38)41-12-18-8-6-5-7-9-18/h5-9,14,19-20,22-23,39H,10-13H2,1-4H3,(H,31,37)(H,32,36)/t14-,19?,20-,22-,23?,26+/m1/s1. The van der Waals surface area contributed by atoms with Crippen LogP contribution in [0, 0.1) is 5.92 Å². The zero-order valence-electron chi connectivity index (χ0n) is 24.2. The first-order valence-corrected chi connectivity index (χ1v) is 13.2. The lowest BCUT2D eigenvalue weighted by Gasteiger charge is -2.47. The molecule has 1 aliphatic heterocycles. The molecule has 0 aromatic heterocycles. The molecule has 17 heteroatoms. The Morgan fingerprint density at radius 3 is 2.20 bits per heavy atom. The number of nitrogens with one attached hydrogen (secondary N) is 2. The third-order valence-corrected chi connectivity index (χ3v) is 6.28. The van der Waals surface area contributed by atoms with Crippen LogP contribution in [0.2, 0.25) is 0 Å². The van der Waals surface area contributed by atoms with Gasteiger partial charge in [0.05, 0.1) is 25.1 Å².